The maximum Gasteiger partial charge on any atom is 0.0403 e. The molecule has 5 aromatic carbocycles. The zero-order chi connectivity index (χ0) is 20.1. The van der Waals surface area contributed by atoms with E-state index in [1.54, 1.807) is 0 Å². The van der Waals surface area contributed by atoms with Crippen molar-refractivity contribution in [1.29, 1.82) is 0 Å². The Hall–Kier alpha value is -3.20. The minimum atomic E-state index is 1.03. The molecule has 2 heteroatoms. The molecule has 0 spiro atoms. The van der Waals surface area contributed by atoms with Crippen LogP contribution in [0.2, 0.25) is 0 Å². The Labute approximate surface area is 187 Å². The van der Waals surface area contributed by atoms with Crippen LogP contribution < -0.4 is 0 Å². The molecule has 0 fully saturated rings. The van der Waals surface area contributed by atoms with Gasteiger partial charge in [0.1, 0.15) is 0 Å². The SMILES string of the molecule is c1ccc2c(c1)Cc1c-2c2ccc3sc4ccccc4c3c2c2c1sc1ccccc12. The molecule has 1 aliphatic carbocycles. The van der Waals surface area contributed by atoms with Crippen molar-refractivity contribution in [2.45, 2.75) is 6.42 Å². The van der Waals surface area contributed by atoms with Gasteiger partial charge in [0.25, 0.3) is 0 Å². The first-order valence-electron chi connectivity index (χ1n) is 10.7. The average molecular weight is 429 g/mol. The second-order valence-corrected chi connectivity index (χ2v) is 10.6. The highest BCUT2D eigenvalue weighted by Crippen LogP contribution is 2.53. The highest BCUT2D eigenvalue weighted by Gasteiger charge is 2.27. The van der Waals surface area contributed by atoms with E-state index in [-0.39, 0.29) is 0 Å². The number of benzene rings is 5. The van der Waals surface area contributed by atoms with E-state index in [1.165, 1.54) is 73.4 Å². The molecular formula is C29H16S2. The van der Waals surface area contributed by atoms with Gasteiger partial charge < -0.3 is 0 Å². The molecule has 2 heterocycles. The van der Waals surface area contributed by atoms with Gasteiger partial charge in [-0.15, -0.1) is 22.7 Å². The van der Waals surface area contributed by atoms with Crippen LogP contribution in [-0.4, -0.2) is 0 Å². The standard InChI is InChI=1S/C29H16S2/c1-2-8-17-16(7-1)15-21-25(17)20-13-14-24-26(18-9-3-5-11-22(18)30-24)27(20)28-19-10-4-6-12-23(19)31-29(21)28/h1-14H,15H2. The Bertz CT molecular complexity index is 1860. The van der Waals surface area contributed by atoms with Gasteiger partial charge in [-0.25, -0.2) is 0 Å². The van der Waals surface area contributed by atoms with E-state index in [9.17, 15) is 0 Å². The van der Waals surface area contributed by atoms with Crippen molar-refractivity contribution in [3.05, 3.63) is 96.1 Å². The summed E-state index contributed by atoms with van der Waals surface area (Å²) in [6, 6.07) is 31.6. The fraction of sp³-hybridized carbons (Fsp3) is 0.0345. The van der Waals surface area contributed by atoms with Crippen molar-refractivity contribution >= 4 is 73.8 Å². The molecule has 0 saturated heterocycles. The Morgan fingerprint density at radius 2 is 1.23 bits per heavy atom. The number of fused-ring (bicyclic) bond motifs is 14. The second-order valence-electron chi connectivity index (χ2n) is 8.45. The van der Waals surface area contributed by atoms with Crippen LogP contribution in [0.1, 0.15) is 11.1 Å². The molecule has 0 amide bonds. The van der Waals surface area contributed by atoms with Gasteiger partial charge in [-0.1, -0.05) is 66.7 Å². The molecule has 0 aliphatic heterocycles. The first-order chi connectivity index (χ1) is 15.4. The van der Waals surface area contributed by atoms with Crippen molar-refractivity contribution < 1.29 is 0 Å². The van der Waals surface area contributed by atoms with Gasteiger partial charge in [0, 0.05) is 52.2 Å². The van der Waals surface area contributed by atoms with Crippen LogP contribution in [0.15, 0.2) is 84.9 Å². The summed E-state index contributed by atoms with van der Waals surface area (Å²) in [4.78, 5) is 0. The van der Waals surface area contributed by atoms with Crippen LogP contribution in [0.25, 0.3) is 62.2 Å². The van der Waals surface area contributed by atoms with Gasteiger partial charge in [0.2, 0.25) is 0 Å². The third-order valence-electron chi connectivity index (χ3n) is 6.89. The predicted molar refractivity (Wildman–Crippen MR) is 138 cm³/mol. The quantitative estimate of drug-likeness (QED) is 0.226. The smallest absolute Gasteiger partial charge is 0.0403 e. The van der Waals surface area contributed by atoms with E-state index < -0.39 is 0 Å². The zero-order valence-electron chi connectivity index (χ0n) is 16.6. The maximum atomic E-state index is 2.39. The Morgan fingerprint density at radius 1 is 0.516 bits per heavy atom. The first-order valence-corrected chi connectivity index (χ1v) is 12.3. The Kier molecular flexibility index (Phi) is 3.05. The monoisotopic (exact) mass is 428 g/mol. The van der Waals surface area contributed by atoms with Crippen molar-refractivity contribution in [3.63, 3.8) is 0 Å². The second kappa shape index (κ2) is 5.73. The lowest BCUT2D eigenvalue weighted by Crippen LogP contribution is -1.86. The lowest BCUT2D eigenvalue weighted by Gasteiger charge is -2.11. The molecule has 1 aliphatic rings. The van der Waals surface area contributed by atoms with Gasteiger partial charge in [0.05, 0.1) is 0 Å². The fourth-order valence-corrected chi connectivity index (χ4v) is 8.02. The van der Waals surface area contributed by atoms with Crippen LogP contribution in [-0.2, 0) is 6.42 Å². The topological polar surface area (TPSA) is 0 Å². The zero-order valence-corrected chi connectivity index (χ0v) is 18.2. The van der Waals surface area contributed by atoms with Gasteiger partial charge in [-0.3, -0.25) is 0 Å². The van der Waals surface area contributed by atoms with Crippen molar-refractivity contribution in [1.82, 2.24) is 0 Å². The number of hydrogen-bond donors (Lipinski definition) is 0. The van der Waals surface area contributed by atoms with E-state index in [0.717, 1.165) is 6.42 Å². The third kappa shape index (κ3) is 2.00. The summed E-state index contributed by atoms with van der Waals surface area (Å²) >= 11 is 3.89. The summed E-state index contributed by atoms with van der Waals surface area (Å²) in [5.74, 6) is 0. The Morgan fingerprint density at radius 3 is 2.10 bits per heavy atom. The normalized spacial score (nSPS) is 13.0. The van der Waals surface area contributed by atoms with E-state index in [2.05, 4.69) is 84.9 Å². The van der Waals surface area contributed by atoms with Crippen molar-refractivity contribution in [2.24, 2.45) is 0 Å². The molecule has 8 rings (SSSR count). The molecule has 7 aromatic rings. The average Bonchev–Trinajstić information content (AvgIpc) is 3.49. The molecule has 0 unspecified atom stereocenters. The van der Waals surface area contributed by atoms with Crippen LogP contribution in [0.3, 0.4) is 0 Å². The third-order valence-corrected chi connectivity index (χ3v) is 9.25. The molecular weight excluding hydrogens is 412 g/mol. The van der Waals surface area contributed by atoms with Gasteiger partial charge in [-0.05, 0) is 45.8 Å². The first kappa shape index (κ1) is 16.5. The van der Waals surface area contributed by atoms with Crippen LogP contribution in [0.5, 0.6) is 0 Å². The van der Waals surface area contributed by atoms with Gasteiger partial charge >= 0.3 is 0 Å². The van der Waals surface area contributed by atoms with E-state index in [1.807, 2.05) is 22.7 Å². The van der Waals surface area contributed by atoms with E-state index in [4.69, 9.17) is 0 Å². The minimum Gasteiger partial charge on any atom is -0.135 e. The van der Waals surface area contributed by atoms with E-state index >= 15 is 0 Å². The van der Waals surface area contributed by atoms with Crippen molar-refractivity contribution in [3.8, 4) is 11.1 Å². The maximum absolute atomic E-state index is 2.39. The molecule has 0 atom stereocenters. The summed E-state index contributed by atoms with van der Waals surface area (Å²) in [6.07, 6.45) is 1.03. The summed E-state index contributed by atoms with van der Waals surface area (Å²) in [6.45, 7) is 0. The summed E-state index contributed by atoms with van der Waals surface area (Å²) in [5.41, 5.74) is 5.85. The molecule has 0 radical (unpaired) electrons. The number of rotatable bonds is 0. The van der Waals surface area contributed by atoms with Gasteiger partial charge in [-0.2, -0.15) is 0 Å². The summed E-state index contributed by atoms with van der Waals surface area (Å²) in [7, 11) is 0. The molecule has 2 aromatic heterocycles. The molecule has 0 nitrogen and oxygen atoms in total. The fourth-order valence-electron chi connectivity index (χ4n) is 5.65. The molecule has 0 bridgehead atoms. The largest absolute Gasteiger partial charge is 0.135 e. The highest BCUT2D eigenvalue weighted by atomic mass is 32.1. The lowest BCUT2D eigenvalue weighted by atomic mass is 9.91. The van der Waals surface area contributed by atoms with Crippen LogP contribution in [0.4, 0.5) is 0 Å². The minimum absolute atomic E-state index is 1.03. The lowest BCUT2D eigenvalue weighted by molar-refractivity contribution is 1.29. The molecule has 0 saturated carbocycles. The van der Waals surface area contributed by atoms with Crippen molar-refractivity contribution in [2.75, 3.05) is 0 Å². The molecule has 144 valence electrons. The Balaban J connectivity index is 1.75. The molecule has 31 heavy (non-hydrogen) atoms. The molecule has 0 N–H and O–H groups in total. The predicted octanol–water partition coefficient (Wildman–Crippen LogP) is 9.15. The van der Waals surface area contributed by atoms with Gasteiger partial charge in [0.15, 0.2) is 0 Å². The summed E-state index contributed by atoms with van der Waals surface area (Å²) < 4.78 is 5.62. The number of hydrogen-bond acceptors (Lipinski definition) is 2. The van der Waals surface area contributed by atoms with Crippen LogP contribution >= 0.6 is 22.7 Å². The number of thiophene rings is 2. The highest BCUT2D eigenvalue weighted by molar-refractivity contribution is 7.27. The van der Waals surface area contributed by atoms with Crippen LogP contribution in [0, 0.1) is 0 Å². The van der Waals surface area contributed by atoms with E-state index in [0.29, 0.717) is 0 Å². The summed E-state index contributed by atoms with van der Waals surface area (Å²) in [5, 5.41) is 8.52.